The minimum atomic E-state index is -3.63. The van der Waals surface area contributed by atoms with Gasteiger partial charge in [0.2, 0.25) is 0 Å². The van der Waals surface area contributed by atoms with Crippen molar-refractivity contribution in [1.82, 2.24) is 8.87 Å². The first-order valence-electron chi connectivity index (χ1n) is 7.70. The molecule has 2 aromatic carbocycles. The van der Waals surface area contributed by atoms with Crippen molar-refractivity contribution in [1.29, 1.82) is 0 Å². The predicted octanol–water partition coefficient (Wildman–Crippen LogP) is 3.88. The van der Waals surface area contributed by atoms with Gasteiger partial charge in [0.25, 0.3) is 10.0 Å². The van der Waals surface area contributed by atoms with Crippen molar-refractivity contribution in [3.63, 3.8) is 0 Å². The molecule has 0 fully saturated rings. The first-order valence-corrected chi connectivity index (χ1v) is 9.14. The van der Waals surface area contributed by atoms with Crippen LogP contribution in [0.2, 0.25) is 0 Å². The average Bonchev–Trinajstić information content (AvgIpc) is 3.00. The second-order valence-electron chi connectivity index (χ2n) is 5.95. The lowest BCUT2D eigenvalue weighted by Gasteiger charge is -2.10. The Kier molecular flexibility index (Phi) is 6.06. The Bertz CT molecular complexity index is 921. The van der Waals surface area contributed by atoms with Gasteiger partial charge in [-0.3, -0.25) is 0 Å². The van der Waals surface area contributed by atoms with E-state index in [2.05, 4.69) is 0 Å². The van der Waals surface area contributed by atoms with Gasteiger partial charge >= 0.3 is 0 Å². The molecule has 1 heterocycles. The normalized spacial score (nSPS) is 11.3. The summed E-state index contributed by atoms with van der Waals surface area (Å²) in [5, 5.41) is 0. The van der Waals surface area contributed by atoms with E-state index < -0.39 is 10.0 Å². The van der Waals surface area contributed by atoms with E-state index in [0.29, 0.717) is 12.2 Å². The number of benzene rings is 2. The molecule has 0 atom stereocenters. The zero-order valence-electron chi connectivity index (χ0n) is 14.2. The SMILES string of the molecule is CN(C)Cc1cc(-c2ccccc2)n(S(=O)(=O)c2ccccc2)c1.Cl. The van der Waals surface area contributed by atoms with Crippen molar-refractivity contribution in [2.45, 2.75) is 11.4 Å². The van der Waals surface area contributed by atoms with Crippen LogP contribution in [-0.2, 0) is 16.6 Å². The molecule has 0 aliphatic carbocycles. The standard InChI is InChI=1S/C19H20N2O2S.ClH/c1-20(2)14-16-13-19(17-9-5-3-6-10-17)21(15-16)24(22,23)18-11-7-4-8-12-18;/h3-13,15H,14H2,1-2H3;1H. The highest BCUT2D eigenvalue weighted by Crippen LogP contribution is 2.27. The first kappa shape index (κ1) is 19.2. The highest BCUT2D eigenvalue weighted by Gasteiger charge is 2.21. The Morgan fingerprint density at radius 2 is 1.48 bits per heavy atom. The molecule has 6 heteroatoms. The van der Waals surface area contributed by atoms with E-state index in [-0.39, 0.29) is 17.3 Å². The summed E-state index contributed by atoms with van der Waals surface area (Å²) in [7, 11) is 0.292. The Morgan fingerprint density at radius 1 is 0.920 bits per heavy atom. The van der Waals surface area contributed by atoms with Gasteiger partial charge in [-0.1, -0.05) is 48.5 Å². The Hall–Kier alpha value is -2.08. The summed E-state index contributed by atoms with van der Waals surface area (Å²) in [6.45, 7) is 0.678. The van der Waals surface area contributed by atoms with Crippen LogP contribution in [0.1, 0.15) is 5.56 Å². The molecule has 4 nitrogen and oxygen atoms in total. The second kappa shape index (κ2) is 7.87. The summed E-state index contributed by atoms with van der Waals surface area (Å²) >= 11 is 0. The van der Waals surface area contributed by atoms with Gasteiger partial charge in [0, 0.05) is 12.7 Å². The van der Waals surface area contributed by atoms with Gasteiger partial charge in [0.05, 0.1) is 10.6 Å². The fourth-order valence-corrected chi connectivity index (χ4v) is 4.09. The van der Waals surface area contributed by atoms with Gasteiger partial charge in [-0.25, -0.2) is 12.4 Å². The van der Waals surface area contributed by atoms with E-state index >= 15 is 0 Å². The minimum absolute atomic E-state index is 0. The fourth-order valence-electron chi connectivity index (χ4n) is 2.67. The number of aromatic nitrogens is 1. The minimum Gasteiger partial charge on any atom is -0.305 e. The van der Waals surface area contributed by atoms with Gasteiger partial charge in [0.1, 0.15) is 0 Å². The van der Waals surface area contributed by atoms with Gasteiger partial charge in [-0.05, 0) is 43.4 Å². The van der Waals surface area contributed by atoms with Gasteiger partial charge in [0.15, 0.2) is 0 Å². The van der Waals surface area contributed by atoms with E-state index in [1.54, 1.807) is 30.5 Å². The smallest absolute Gasteiger partial charge is 0.268 e. The van der Waals surface area contributed by atoms with Crippen molar-refractivity contribution < 1.29 is 8.42 Å². The van der Waals surface area contributed by atoms with Crippen LogP contribution in [0.15, 0.2) is 77.8 Å². The van der Waals surface area contributed by atoms with E-state index in [1.807, 2.05) is 61.5 Å². The number of rotatable bonds is 5. The molecular formula is C19H21ClN2O2S. The number of nitrogens with zero attached hydrogens (tertiary/aromatic N) is 2. The van der Waals surface area contributed by atoms with E-state index in [1.165, 1.54) is 3.97 Å². The lowest BCUT2D eigenvalue weighted by molar-refractivity contribution is 0.402. The summed E-state index contributed by atoms with van der Waals surface area (Å²) in [5.74, 6) is 0. The highest BCUT2D eigenvalue weighted by atomic mass is 35.5. The van der Waals surface area contributed by atoms with Crippen molar-refractivity contribution in [2.75, 3.05) is 14.1 Å². The molecular weight excluding hydrogens is 356 g/mol. The Morgan fingerprint density at radius 3 is 2.04 bits per heavy atom. The van der Waals surface area contributed by atoms with Crippen LogP contribution in [0, 0.1) is 0 Å². The summed E-state index contributed by atoms with van der Waals surface area (Å²) in [4.78, 5) is 2.30. The lowest BCUT2D eigenvalue weighted by atomic mass is 10.1. The molecule has 0 unspecified atom stereocenters. The maximum atomic E-state index is 13.1. The van der Waals surface area contributed by atoms with Crippen LogP contribution in [0.3, 0.4) is 0 Å². The molecule has 3 aromatic rings. The highest BCUT2D eigenvalue weighted by molar-refractivity contribution is 7.90. The summed E-state index contributed by atoms with van der Waals surface area (Å²) in [5.41, 5.74) is 2.51. The molecule has 25 heavy (non-hydrogen) atoms. The average molecular weight is 377 g/mol. The third-order valence-electron chi connectivity index (χ3n) is 3.71. The molecule has 0 saturated heterocycles. The molecule has 0 aliphatic heterocycles. The molecule has 0 radical (unpaired) electrons. The third-order valence-corrected chi connectivity index (χ3v) is 5.40. The maximum Gasteiger partial charge on any atom is 0.268 e. The van der Waals surface area contributed by atoms with Crippen molar-refractivity contribution in [2.24, 2.45) is 0 Å². The summed E-state index contributed by atoms with van der Waals surface area (Å²) in [6.07, 6.45) is 1.71. The predicted molar refractivity (Wildman–Crippen MR) is 104 cm³/mol. The molecule has 0 aliphatic rings. The van der Waals surface area contributed by atoms with Crippen LogP contribution in [0.25, 0.3) is 11.3 Å². The maximum absolute atomic E-state index is 13.1. The molecule has 1 aromatic heterocycles. The monoisotopic (exact) mass is 376 g/mol. The fraction of sp³-hybridized carbons (Fsp3) is 0.158. The van der Waals surface area contributed by atoms with Crippen molar-refractivity contribution in [3.05, 3.63) is 78.5 Å². The molecule has 0 bridgehead atoms. The van der Waals surface area contributed by atoms with Gasteiger partial charge in [-0.15, -0.1) is 12.4 Å². The van der Waals surface area contributed by atoms with Crippen LogP contribution in [-0.4, -0.2) is 31.4 Å². The van der Waals surface area contributed by atoms with Crippen LogP contribution in [0.5, 0.6) is 0 Å². The number of halogens is 1. The topological polar surface area (TPSA) is 42.3 Å². The summed E-state index contributed by atoms with van der Waals surface area (Å²) < 4.78 is 27.5. The molecule has 0 saturated carbocycles. The Labute approximate surface area is 155 Å². The molecule has 0 N–H and O–H groups in total. The first-order chi connectivity index (χ1) is 11.5. The number of hydrogen-bond acceptors (Lipinski definition) is 3. The van der Waals surface area contributed by atoms with Crippen LogP contribution in [0.4, 0.5) is 0 Å². The van der Waals surface area contributed by atoms with Crippen LogP contribution >= 0.6 is 12.4 Å². The van der Waals surface area contributed by atoms with Gasteiger partial charge in [-0.2, -0.15) is 0 Å². The largest absolute Gasteiger partial charge is 0.305 e. The quantitative estimate of drug-likeness (QED) is 0.678. The molecule has 132 valence electrons. The van der Waals surface area contributed by atoms with E-state index in [0.717, 1.165) is 11.1 Å². The Balaban J connectivity index is 0.00000225. The second-order valence-corrected chi connectivity index (χ2v) is 7.77. The lowest BCUT2D eigenvalue weighted by Crippen LogP contribution is -2.13. The van der Waals surface area contributed by atoms with Crippen molar-refractivity contribution >= 4 is 22.4 Å². The van der Waals surface area contributed by atoms with Gasteiger partial charge < -0.3 is 4.90 Å². The molecule has 0 spiro atoms. The van der Waals surface area contributed by atoms with Crippen LogP contribution < -0.4 is 0 Å². The number of hydrogen-bond donors (Lipinski definition) is 0. The zero-order valence-corrected chi connectivity index (χ0v) is 15.8. The zero-order chi connectivity index (χ0) is 17.2. The van der Waals surface area contributed by atoms with E-state index in [4.69, 9.17) is 0 Å². The molecule has 0 amide bonds. The summed E-state index contributed by atoms with van der Waals surface area (Å²) in [6, 6.07) is 20.0. The van der Waals surface area contributed by atoms with Crippen molar-refractivity contribution in [3.8, 4) is 11.3 Å². The third kappa shape index (κ3) is 4.12. The van der Waals surface area contributed by atoms with E-state index in [9.17, 15) is 8.42 Å². The molecule has 3 rings (SSSR count).